The van der Waals surface area contributed by atoms with E-state index in [9.17, 15) is 19.3 Å². The molecule has 2 rings (SSSR count). The van der Waals surface area contributed by atoms with E-state index in [-0.39, 0.29) is 11.1 Å². The van der Waals surface area contributed by atoms with Gasteiger partial charge in [-0.3, -0.25) is 0 Å². The minimum atomic E-state index is -0.425. The monoisotopic (exact) mass is 266 g/mol. The Morgan fingerprint density at radius 2 is 0.950 bits per heavy atom. The van der Waals surface area contributed by atoms with E-state index in [1.54, 1.807) is 0 Å². The second-order valence-corrected chi connectivity index (χ2v) is 3.99. The minimum absolute atomic E-state index is 0.124. The van der Waals surface area contributed by atoms with E-state index in [2.05, 4.69) is 0 Å². The molecule has 2 nitrogen and oxygen atoms in total. The minimum Gasteiger partial charge on any atom is -0.207 e. The van der Waals surface area contributed by atoms with E-state index in [1.807, 2.05) is 12.1 Å². The van der Waals surface area contributed by atoms with Gasteiger partial charge in [-0.1, -0.05) is 24.3 Å². The summed E-state index contributed by atoms with van der Waals surface area (Å²) in [6.45, 7) is 0. The standard InChI is InChI=1S/C16H8F2N2/c17-13-5-1-11(2-6-13)15(9-19)16(10-20)12-3-7-14(18)8-4-12/h1-8H. The van der Waals surface area contributed by atoms with E-state index in [0.29, 0.717) is 11.1 Å². The Balaban J connectivity index is 2.60. The third kappa shape index (κ3) is 2.71. The summed E-state index contributed by atoms with van der Waals surface area (Å²) >= 11 is 0. The number of allylic oxidation sites excluding steroid dienone is 2. The number of hydrogen-bond donors (Lipinski definition) is 0. The fourth-order valence-electron chi connectivity index (χ4n) is 1.76. The summed E-state index contributed by atoms with van der Waals surface area (Å²) in [5.74, 6) is -0.849. The van der Waals surface area contributed by atoms with Crippen LogP contribution in [0.25, 0.3) is 11.1 Å². The van der Waals surface area contributed by atoms with Gasteiger partial charge in [-0.2, -0.15) is 10.5 Å². The van der Waals surface area contributed by atoms with Gasteiger partial charge in [-0.05, 0) is 35.4 Å². The van der Waals surface area contributed by atoms with Crippen LogP contribution < -0.4 is 0 Å². The molecule has 0 bridgehead atoms. The van der Waals surface area contributed by atoms with Gasteiger partial charge in [-0.25, -0.2) is 8.78 Å². The Morgan fingerprint density at radius 3 is 1.20 bits per heavy atom. The smallest absolute Gasteiger partial charge is 0.123 e. The number of hydrogen-bond acceptors (Lipinski definition) is 2. The first kappa shape index (κ1) is 13.5. The molecular formula is C16H8F2N2. The van der Waals surface area contributed by atoms with Gasteiger partial charge in [0.1, 0.15) is 23.8 Å². The Kier molecular flexibility index (Phi) is 3.88. The van der Waals surface area contributed by atoms with Crippen LogP contribution in [0.1, 0.15) is 11.1 Å². The van der Waals surface area contributed by atoms with Crippen LogP contribution in [-0.2, 0) is 0 Å². The lowest BCUT2D eigenvalue weighted by molar-refractivity contribution is 0.627. The molecule has 20 heavy (non-hydrogen) atoms. The molecule has 0 aliphatic rings. The maximum atomic E-state index is 12.9. The first-order valence-corrected chi connectivity index (χ1v) is 5.72. The zero-order chi connectivity index (χ0) is 14.5. The van der Waals surface area contributed by atoms with E-state index in [0.717, 1.165) is 0 Å². The first-order chi connectivity index (χ1) is 9.65. The molecule has 0 heterocycles. The lowest BCUT2D eigenvalue weighted by Gasteiger charge is -2.04. The summed E-state index contributed by atoms with van der Waals surface area (Å²) in [5.41, 5.74) is 1.13. The molecule has 0 radical (unpaired) electrons. The quantitative estimate of drug-likeness (QED) is 0.611. The fourth-order valence-corrected chi connectivity index (χ4v) is 1.76. The summed E-state index contributed by atoms with van der Waals surface area (Å²) in [6.07, 6.45) is 0. The number of rotatable bonds is 2. The van der Waals surface area contributed by atoms with Crippen molar-refractivity contribution >= 4 is 11.1 Å². The predicted molar refractivity (Wildman–Crippen MR) is 70.8 cm³/mol. The number of nitriles is 2. The van der Waals surface area contributed by atoms with Gasteiger partial charge in [0.25, 0.3) is 0 Å². The Morgan fingerprint density at radius 1 is 0.650 bits per heavy atom. The van der Waals surface area contributed by atoms with Crippen LogP contribution in [0.4, 0.5) is 8.78 Å². The van der Waals surface area contributed by atoms with Crippen molar-refractivity contribution in [2.75, 3.05) is 0 Å². The van der Waals surface area contributed by atoms with E-state index in [1.165, 1.54) is 48.5 Å². The van der Waals surface area contributed by atoms with Crippen LogP contribution >= 0.6 is 0 Å². The molecule has 0 fully saturated rings. The van der Waals surface area contributed by atoms with Crippen LogP contribution in [0.15, 0.2) is 48.5 Å². The van der Waals surface area contributed by atoms with Crippen molar-refractivity contribution in [3.63, 3.8) is 0 Å². The van der Waals surface area contributed by atoms with E-state index < -0.39 is 11.6 Å². The molecule has 4 heteroatoms. The van der Waals surface area contributed by atoms with Gasteiger partial charge in [0, 0.05) is 0 Å². The van der Waals surface area contributed by atoms with Crippen molar-refractivity contribution in [2.45, 2.75) is 0 Å². The second kappa shape index (κ2) is 5.77. The second-order valence-electron chi connectivity index (χ2n) is 3.99. The molecule has 0 aliphatic carbocycles. The molecule has 0 saturated carbocycles. The van der Waals surface area contributed by atoms with Crippen molar-refractivity contribution < 1.29 is 8.78 Å². The molecule has 2 aromatic carbocycles. The third-order valence-corrected chi connectivity index (χ3v) is 2.74. The number of nitrogens with zero attached hydrogens (tertiary/aromatic N) is 2. The van der Waals surface area contributed by atoms with Crippen LogP contribution in [0, 0.1) is 34.3 Å². The summed E-state index contributed by atoms with van der Waals surface area (Å²) < 4.78 is 25.8. The average molecular weight is 266 g/mol. The van der Waals surface area contributed by atoms with Gasteiger partial charge in [-0.15, -0.1) is 0 Å². The van der Waals surface area contributed by atoms with Crippen LogP contribution in [-0.4, -0.2) is 0 Å². The summed E-state index contributed by atoms with van der Waals surface area (Å²) in [7, 11) is 0. The van der Waals surface area contributed by atoms with Gasteiger partial charge < -0.3 is 0 Å². The van der Waals surface area contributed by atoms with Crippen LogP contribution in [0.2, 0.25) is 0 Å². The highest BCUT2D eigenvalue weighted by Crippen LogP contribution is 2.25. The molecule has 0 spiro atoms. The molecule has 0 aromatic heterocycles. The fraction of sp³-hybridized carbons (Fsp3) is 0. The lowest BCUT2D eigenvalue weighted by atomic mass is 9.96. The zero-order valence-corrected chi connectivity index (χ0v) is 10.3. The lowest BCUT2D eigenvalue weighted by Crippen LogP contribution is -1.90. The molecule has 0 N–H and O–H groups in total. The average Bonchev–Trinajstić information content (AvgIpc) is 2.47. The summed E-state index contributed by atoms with van der Waals surface area (Å²) in [6, 6.07) is 14.4. The summed E-state index contributed by atoms with van der Waals surface area (Å²) in [5, 5.41) is 18.5. The highest BCUT2D eigenvalue weighted by Gasteiger charge is 2.11. The Labute approximate surface area is 114 Å². The van der Waals surface area contributed by atoms with Crippen LogP contribution in [0.3, 0.4) is 0 Å². The molecule has 0 saturated heterocycles. The van der Waals surface area contributed by atoms with Crippen molar-refractivity contribution in [2.24, 2.45) is 0 Å². The maximum Gasteiger partial charge on any atom is 0.123 e. The molecule has 0 amide bonds. The van der Waals surface area contributed by atoms with Gasteiger partial charge in [0.15, 0.2) is 0 Å². The largest absolute Gasteiger partial charge is 0.207 e. The number of halogens is 2. The molecule has 0 atom stereocenters. The normalized spacial score (nSPS) is 11.2. The number of benzene rings is 2. The summed E-state index contributed by atoms with van der Waals surface area (Å²) in [4.78, 5) is 0. The molecule has 2 aromatic rings. The first-order valence-electron chi connectivity index (χ1n) is 5.72. The molecule has 0 aliphatic heterocycles. The van der Waals surface area contributed by atoms with Crippen molar-refractivity contribution in [1.82, 2.24) is 0 Å². The van der Waals surface area contributed by atoms with Gasteiger partial charge in [0.2, 0.25) is 0 Å². The SMILES string of the molecule is N#CC(=C(C#N)c1ccc(F)cc1)c1ccc(F)cc1. The maximum absolute atomic E-state index is 12.9. The van der Waals surface area contributed by atoms with E-state index >= 15 is 0 Å². The van der Waals surface area contributed by atoms with Crippen molar-refractivity contribution in [3.8, 4) is 12.1 Å². The van der Waals surface area contributed by atoms with Gasteiger partial charge >= 0.3 is 0 Å². The Bertz CT molecular complexity index is 665. The van der Waals surface area contributed by atoms with Crippen molar-refractivity contribution in [3.05, 3.63) is 71.3 Å². The van der Waals surface area contributed by atoms with Gasteiger partial charge in [0.05, 0.1) is 11.1 Å². The topological polar surface area (TPSA) is 47.6 Å². The van der Waals surface area contributed by atoms with Crippen LogP contribution in [0.5, 0.6) is 0 Å². The predicted octanol–water partition coefficient (Wildman–Crippen LogP) is 3.92. The molecule has 96 valence electrons. The third-order valence-electron chi connectivity index (χ3n) is 2.74. The molecule has 0 unspecified atom stereocenters. The highest BCUT2D eigenvalue weighted by atomic mass is 19.1. The Hall–Kier alpha value is -2.98. The zero-order valence-electron chi connectivity index (χ0n) is 10.3. The highest BCUT2D eigenvalue weighted by molar-refractivity contribution is 6.02. The van der Waals surface area contributed by atoms with E-state index in [4.69, 9.17) is 0 Å². The van der Waals surface area contributed by atoms with Crippen molar-refractivity contribution in [1.29, 1.82) is 10.5 Å². The molecular weight excluding hydrogens is 258 g/mol.